The van der Waals surface area contributed by atoms with E-state index in [9.17, 15) is 4.79 Å². The predicted molar refractivity (Wildman–Crippen MR) is 103 cm³/mol. The Kier molecular flexibility index (Phi) is 6.04. The van der Waals surface area contributed by atoms with Gasteiger partial charge in [-0.1, -0.05) is 18.2 Å². The Morgan fingerprint density at radius 3 is 2.77 bits per heavy atom. The van der Waals surface area contributed by atoms with Gasteiger partial charge in [-0.25, -0.2) is 0 Å². The zero-order valence-corrected chi connectivity index (χ0v) is 16.5. The van der Waals surface area contributed by atoms with Crippen LogP contribution < -0.4 is 14.2 Å². The van der Waals surface area contributed by atoms with E-state index < -0.39 is 0 Å². The molecule has 0 spiro atoms. The van der Waals surface area contributed by atoms with Crippen molar-refractivity contribution in [1.82, 2.24) is 4.90 Å². The van der Waals surface area contributed by atoms with Crippen LogP contribution >= 0.6 is 15.9 Å². The fraction of sp³-hybridized carbons (Fsp3) is 0.350. The van der Waals surface area contributed by atoms with Gasteiger partial charge in [0.2, 0.25) is 5.91 Å². The normalized spacial score (nSPS) is 15.4. The van der Waals surface area contributed by atoms with E-state index in [0.29, 0.717) is 26.0 Å². The summed E-state index contributed by atoms with van der Waals surface area (Å²) in [6.45, 7) is 0.944. The second kappa shape index (κ2) is 8.45. The molecule has 1 aliphatic rings. The highest BCUT2D eigenvalue weighted by molar-refractivity contribution is 9.10. The fourth-order valence-electron chi connectivity index (χ4n) is 2.87. The number of hydrogen-bond acceptors (Lipinski definition) is 4. The molecule has 0 bridgehead atoms. The lowest BCUT2D eigenvalue weighted by Crippen LogP contribution is -2.41. The van der Waals surface area contributed by atoms with Crippen LogP contribution in [0.25, 0.3) is 0 Å². The first-order valence-electron chi connectivity index (χ1n) is 8.51. The molecule has 6 heteroatoms. The van der Waals surface area contributed by atoms with Crippen LogP contribution in [0.1, 0.15) is 12.0 Å². The zero-order chi connectivity index (χ0) is 18.5. The van der Waals surface area contributed by atoms with Crippen LogP contribution in [-0.2, 0) is 11.2 Å². The van der Waals surface area contributed by atoms with E-state index in [2.05, 4.69) is 15.9 Å². The molecule has 0 N–H and O–H groups in total. The lowest BCUT2D eigenvalue weighted by molar-refractivity contribution is -0.131. The van der Waals surface area contributed by atoms with Crippen molar-refractivity contribution in [2.75, 3.05) is 27.3 Å². The van der Waals surface area contributed by atoms with Crippen molar-refractivity contribution < 1.29 is 19.0 Å². The monoisotopic (exact) mass is 419 g/mol. The summed E-state index contributed by atoms with van der Waals surface area (Å²) in [6.07, 6.45) is 0.963. The van der Waals surface area contributed by atoms with Gasteiger partial charge in [-0.15, -0.1) is 0 Å². The standard InChI is InChI=1S/C20H22BrNO4/c1-22(12-15-13-25-18-5-3-4-6-19(18)26-15)20(23)10-8-14-7-9-17(24-2)16(21)11-14/h3-7,9,11,15H,8,10,12-13H2,1-2H3/t15-/m1/s1. The number of amides is 1. The second-order valence-electron chi connectivity index (χ2n) is 6.24. The lowest BCUT2D eigenvalue weighted by atomic mass is 10.1. The van der Waals surface area contributed by atoms with Crippen LogP contribution in [0, 0.1) is 0 Å². The Balaban J connectivity index is 1.50. The van der Waals surface area contributed by atoms with Crippen molar-refractivity contribution >= 4 is 21.8 Å². The number of hydrogen-bond donors (Lipinski definition) is 0. The minimum Gasteiger partial charge on any atom is -0.496 e. The first kappa shape index (κ1) is 18.6. The molecule has 138 valence electrons. The molecule has 2 aromatic rings. The number of carbonyl (C=O) groups is 1. The molecule has 0 aromatic heterocycles. The average molecular weight is 420 g/mol. The summed E-state index contributed by atoms with van der Waals surface area (Å²) in [7, 11) is 3.43. The topological polar surface area (TPSA) is 48.0 Å². The summed E-state index contributed by atoms with van der Waals surface area (Å²) in [6, 6.07) is 13.5. The summed E-state index contributed by atoms with van der Waals surface area (Å²) in [5, 5.41) is 0. The highest BCUT2D eigenvalue weighted by atomic mass is 79.9. The number of carbonyl (C=O) groups excluding carboxylic acids is 1. The maximum Gasteiger partial charge on any atom is 0.222 e. The SMILES string of the molecule is COc1ccc(CCC(=O)N(C)C[C@@H]2COc3ccccc3O2)cc1Br. The molecule has 3 rings (SSSR count). The molecule has 0 saturated carbocycles. The van der Waals surface area contributed by atoms with Crippen molar-refractivity contribution in [3.05, 3.63) is 52.5 Å². The van der Waals surface area contributed by atoms with Crippen molar-refractivity contribution in [2.45, 2.75) is 18.9 Å². The molecule has 0 saturated heterocycles. The number of fused-ring (bicyclic) bond motifs is 1. The van der Waals surface area contributed by atoms with E-state index >= 15 is 0 Å². The van der Waals surface area contributed by atoms with Crippen LogP contribution in [0.3, 0.4) is 0 Å². The van der Waals surface area contributed by atoms with E-state index in [1.54, 1.807) is 19.1 Å². The number of methoxy groups -OCH3 is 1. The number of halogens is 1. The van der Waals surface area contributed by atoms with Gasteiger partial charge in [-0.2, -0.15) is 0 Å². The molecule has 26 heavy (non-hydrogen) atoms. The Bertz CT molecular complexity index is 780. The van der Waals surface area contributed by atoms with Gasteiger partial charge in [0.1, 0.15) is 12.4 Å². The summed E-state index contributed by atoms with van der Waals surface area (Å²) < 4.78 is 17.7. The van der Waals surface area contributed by atoms with Crippen molar-refractivity contribution in [2.24, 2.45) is 0 Å². The maximum absolute atomic E-state index is 12.4. The summed E-state index contributed by atoms with van der Waals surface area (Å²) in [5.41, 5.74) is 1.09. The van der Waals surface area contributed by atoms with E-state index in [0.717, 1.165) is 27.3 Å². The number of benzene rings is 2. The highest BCUT2D eigenvalue weighted by Crippen LogP contribution is 2.31. The van der Waals surface area contributed by atoms with Crippen LogP contribution in [-0.4, -0.2) is 44.2 Å². The third-order valence-electron chi connectivity index (χ3n) is 4.31. The largest absolute Gasteiger partial charge is 0.496 e. The van der Waals surface area contributed by atoms with Gasteiger partial charge < -0.3 is 19.1 Å². The average Bonchev–Trinajstić information content (AvgIpc) is 2.66. The number of likely N-dealkylation sites (N-methyl/N-ethyl adjacent to an activating group) is 1. The first-order valence-corrected chi connectivity index (χ1v) is 9.31. The fourth-order valence-corrected chi connectivity index (χ4v) is 3.46. The number of nitrogens with zero attached hydrogens (tertiary/aromatic N) is 1. The van der Waals surface area contributed by atoms with Crippen molar-refractivity contribution in [3.63, 3.8) is 0 Å². The minimum absolute atomic E-state index is 0.0828. The third kappa shape index (κ3) is 4.49. The summed E-state index contributed by atoms with van der Waals surface area (Å²) >= 11 is 3.47. The van der Waals surface area contributed by atoms with Gasteiger partial charge in [0.15, 0.2) is 17.6 Å². The summed E-state index contributed by atoms with van der Waals surface area (Å²) in [5.74, 6) is 2.35. The van der Waals surface area contributed by atoms with E-state index in [-0.39, 0.29) is 12.0 Å². The van der Waals surface area contributed by atoms with Crippen LogP contribution in [0.2, 0.25) is 0 Å². The quantitative estimate of drug-likeness (QED) is 0.716. The second-order valence-corrected chi connectivity index (χ2v) is 7.10. The molecule has 1 atom stereocenters. The number of ether oxygens (including phenoxy) is 3. The summed E-state index contributed by atoms with van der Waals surface area (Å²) in [4.78, 5) is 14.1. The van der Waals surface area contributed by atoms with Crippen molar-refractivity contribution in [3.8, 4) is 17.2 Å². The van der Waals surface area contributed by atoms with Crippen LogP contribution in [0.4, 0.5) is 0 Å². The van der Waals surface area contributed by atoms with Crippen LogP contribution in [0.15, 0.2) is 46.9 Å². The Labute approximate surface area is 162 Å². The van der Waals surface area contributed by atoms with Crippen molar-refractivity contribution in [1.29, 1.82) is 0 Å². The van der Waals surface area contributed by atoms with E-state index in [4.69, 9.17) is 14.2 Å². The van der Waals surface area contributed by atoms with E-state index in [1.807, 2.05) is 42.5 Å². The van der Waals surface area contributed by atoms with Gasteiger partial charge >= 0.3 is 0 Å². The molecule has 2 aromatic carbocycles. The zero-order valence-electron chi connectivity index (χ0n) is 14.9. The molecule has 1 heterocycles. The Morgan fingerprint density at radius 2 is 2.04 bits per heavy atom. The molecule has 0 unspecified atom stereocenters. The molecule has 1 aliphatic heterocycles. The number of para-hydroxylation sites is 2. The Morgan fingerprint density at radius 1 is 1.27 bits per heavy atom. The maximum atomic E-state index is 12.4. The van der Waals surface area contributed by atoms with Gasteiger partial charge in [0.25, 0.3) is 0 Å². The third-order valence-corrected chi connectivity index (χ3v) is 4.93. The molecule has 0 fully saturated rings. The number of aryl methyl sites for hydroxylation is 1. The molecule has 0 aliphatic carbocycles. The molecule has 5 nitrogen and oxygen atoms in total. The molecule has 1 amide bonds. The first-order chi connectivity index (χ1) is 12.6. The lowest BCUT2D eigenvalue weighted by Gasteiger charge is -2.29. The minimum atomic E-state index is -0.158. The number of rotatable bonds is 6. The van der Waals surface area contributed by atoms with Gasteiger partial charge in [0, 0.05) is 13.5 Å². The molecular formula is C20H22BrNO4. The van der Waals surface area contributed by atoms with Gasteiger partial charge in [0.05, 0.1) is 18.1 Å². The van der Waals surface area contributed by atoms with Crippen LogP contribution in [0.5, 0.6) is 17.2 Å². The van der Waals surface area contributed by atoms with Gasteiger partial charge in [-0.3, -0.25) is 4.79 Å². The Hall–Kier alpha value is -2.21. The predicted octanol–water partition coefficient (Wildman–Crippen LogP) is 3.69. The highest BCUT2D eigenvalue weighted by Gasteiger charge is 2.23. The molecular weight excluding hydrogens is 398 g/mol. The van der Waals surface area contributed by atoms with E-state index in [1.165, 1.54) is 0 Å². The smallest absolute Gasteiger partial charge is 0.222 e. The molecule has 0 radical (unpaired) electrons. The van der Waals surface area contributed by atoms with Gasteiger partial charge in [-0.05, 0) is 52.2 Å².